The van der Waals surface area contributed by atoms with Gasteiger partial charge in [0.15, 0.2) is 0 Å². The van der Waals surface area contributed by atoms with Gasteiger partial charge in [-0.25, -0.2) is 0 Å². The number of para-hydroxylation sites is 6. The number of rotatable bonds is 8. The highest BCUT2D eigenvalue weighted by Gasteiger charge is 2.24. The van der Waals surface area contributed by atoms with E-state index in [-0.39, 0.29) is 0 Å². The first-order valence-corrected chi connectivity index (χ1v) is 21.5. The van der Waals surface area contributed by atoms with Crippen LogP contribution in [-0.4, -0.2) is 4.57 Å². The van der Waals surface area contributed by atoms with Crippen molar-refractivity contribution in [3.05, 3.63) is 243 Å². The molecule has 0 unspecified atom stereocenters. The van der Waals surface area contributed by atoms with Crippen LogP contribution < -0.4 is 4.90 Å². The first-order chi connectivity index (χ1) is 31.3. The van der Waals surface area contributed by atoms with Gasteiger partial charge in [-0.1, -0.05) is 182 Å². The van der Waals surface area contributed by atoms with Crippen molar-refractivity contribution in [3.8, 4) is 50.2 Å². The van der Waals surface area contributed by atoms with Crippen molar-refractivity contribution in [3.63, 3.8) is 0 Å². The van der Waals surface area contributed by atoms with Gasteiger partial charge in [0.2, 0.25) is 0 Å². The molecule has 0 atom stereocenters. The van der Waals surface area contributed by atoms with Gasteiger partial charge in [-0.2, -0.15) is 0 Å². The molecule has 0 spiro atoms. The molecule has 63 heavy (non-hydrogen) atoms. The summed E-state index contributed by atoms with van der Waals surface area (Å²) >= 11 is 0. The molecule has 2 aromatic heterocycles. The molecule has 12 aromatic rings. The lowest BCUT2D eigenvalue weighted by Crippen LogP contribution is -2.14. The van der Waals surface area contributed by atoms with Crippen molar-refractivity contribution in [1.82, 2.24) is 4.57 Å². The lowest BCUT2D eigenvalue weighted by atomic mass is 9.88. The van der Waals surface area contributed by atoms with E-state index in [4.69, 9.17) is 4.42 Å². The van der Waals surface area contributed by atoms with Crippen LogP contribution in [0.15, 0.2) is 247 Å². The largest absolute Gasteiger partial charge is 0.456 e. The monoisotopic (exact) mass is 804 g/mol. The summed E-state index contributed by atoms with van der Waals surface area (Å²) in [5, 5.41) is 4.72. The van der Waals surface area contributed by atoms with Gasteiger partial charge in [-0.05, 0) is 99.6 Å². The topological polar surface area (TPSA) is 21.3 Å². The number of nitrogens with zero attached hydrogens (tertiary/aromatic N) is 2. The fourth-order valence-corrected chi connectivity index (χ4v) is 9.58. The smallest absolute Gasteiger partial charge is 0.136 e. The predicted molar refractivity (Wildman–Crippen MR) is 264 cm³/mol. The van der Waals surface area contributed by atoms with Crippen LogP contribution in [0.3, 0.4) is 0 Å². The zero-order valence-electron chi connectivity index (χ0n) is 34.4. The summed E-state index contributed by atoms with van der Waals surface area (Å²) < 4.78 is 8.75. The van der Waals surface area contributed by atoms with Crippen LogP contribution in [0, 0.1) is 0 Å². The lowest BCUT2D eigenvalue weighted by molar-refractivity contribution is 0.669. The molecule has 12 rings (SSSR count). The van der Waals surface area contributed by atoms with Gasteiger partial charge in [0.05, 0.1) is 28.1 Å². The molecular weight excluding hydrogens is 765 g/mol. The summed E-state index contributed by atoms with van der Waals surface area (Å²) in [7, 11) is 0. The normalized spacial score (nSPS) is 11.5. The standard InChI is InChI=1S/C60H40N2O/c1-2-18-42(19-3-1)45-20-4-5-21-46(45)47-22-6-7-23-48(47)49-24-8-12-28-54(49)61(44-37-34-41(35-38-44)43-36-39-53-52-27-11-17-33-59(52)63-60(53)40-43)57-31-15-16-32-58(57)62-55-29-13-9-25-50(55)51-26-10-14-30-56(51)62/h1-40H. The van der Waals surface area contributed by atoms with Crippen LogP contribution in [0.1, 0.15) is 0 Å². The maximum Gasteiger partial charge on any atom is 0.136 e. The maximum absolute atomic E-state index is 6.32. The van der Waals surface area contributed by atoms with Crippen molar-refractivity contribution in [2.24, 2.45) is 0 Å². The van der Waals surface area contributed by atoms with E-state index in [1.165, 1.54) is 44.1 Å². The Labute approximate surface area is 366 Å². The third-order valence-electron chi connectivity index (χ3n) is 12.4. The fraction of sp³-hybridized carbons (Fsp3) is 0. The Kier molecular flexibility index (Phi) is 8.83. The van der Waals surface area contributed by atoms with Gasteiger partial charge >= 0.3 is 0 Å². The predicted octanol–water partition coefficient (Wildman–Crippen LogP) is 16.8. The number of benzene rings is 10. The summed E-state index contributed by atoms with van der Waals surface area (Å²) in [5.41, 5.74) is 17.7. The quantitative estimate of drug-likeness (QED) is 0.153. The van der Waals surface area contributed by atoms with E-state index in [1.807, 2.05) is 12.1 Å². The molecule has 0 fully saturated rings. The second-order valence-electron chi connectivity index (χ2n) is 16.0. The van der Waals surface area contributed by atoms with Gasteiger partial charge in [0.1, 0.15) is 11.2 Å². The Balaban J connectivity index is 1.07. The Morgan fingerprint density at radius 3 is 1.51 bits per heavy atom. The molecule has 0 aliphatic rings. The minimum absolute atomic E-state index is 0.890. The van der Waals surface area contributed by atoms with Crippen LogP contribution in [-0.2, 0) is 0 Å². The van der Waals surface area contributed by atoms with E-state index in [9.17, 15) is 0 Å². The average Bonchev–Trinajstić information content (AvgIpc) is 3.90. The van der Waals surface area contributed by atoms with E-state index in [0.29, 0.717) is 0 Å². The highest BCUT2D eigenvalue weighted by Crippen LogP contribution is 2.48. The molecule has 3 nitrogen and oxygen atoms in total. The SMILES string of the molecule is c1ccc(-c2ccccc2-c2ccccc2-c2ccccc2N(c2ccc(-c3ccc4c(c3)oc3ccccc34)cc2)c2ccccc2-n2c3ccccc3c3ccccc32)cc1. The van der Waals surface area contributed by atoms with E-state index in [0.717, 1.165) is 66.9 Å². The van der Waals surface area contributed by atoms with Crippen LogP contribution in [0.4, 0.5) is 17.1 Å². The van der Waals surface area contributed by atoms with Crippen molar-refractivity contribution in [1.29, 1.82) is 0 Å². The Morgan fingerprint density at radius 1 is 0.302 bits per heavy atom. The third kappa shape index (κ3) is 6.21. The number of aromatic nitrogens is 1. The maximum atomic E-state index is 6.32. The number of furan rings is 1. The molecule has 0 aliphatic carbocycles. The molecule has 0 radical (unpaired) electrons. The summed E-state index contributed by atoms with van der Waals surface area (Å²) in [4.78, 5) is 2.44. The molecule has 0 saturated heterocycles. The number of anilines is 3. The Hall–Kier alpha value is -8.40. The number of hydrogen-bond acceptors (Lipinski definition) is 2. The van der Waals surface area contributed by atoms with E-state index in [1.54, 1.807) is 0 Å². The van der Waals surface area contributed by atoms with Crippen LogP contribution in [0.2, 0.25) is 0 Å². The molecule has 3 heteroatoms. The lowest BCUT2D eigenvalue weighted by Gasteiger charge is -2.31. The summed E-state index contributed by atoms with van der Waals surface area (Å²) in [6.07, 6.45) is 0. The molecule has 0 aliphatic heterocycles. The molecule has 0 bridgehead atoms. The number of fused-ring (bicyclic) bond motifs is 6. The second-order valence-corrected chi connectivity index (χ2v) is 16.0. The summed E-state index contributed by atoms with van der Waals surface area (Å²) in [5.74, 6) is 0. The average molecular weight is 805 g/mol. The van der Waals surface area contributed by atoms with Gasteiger partial charge in [0.25, 0.3) is 0 Å². The Morgan fingerprint density at radius 2 is 0.794 bits per heavy atom. The van der Waals surface area contributed by atoms with Crippen LogP contribution >= 0.6 is 0 Å². The minimum Gasteiger partial charge on any atom is -0.456 e. The molecule has 10 aromatic carbocycles. The first kappa shape index (κ1) is 36.5. The zero-order valence-corrected chi connectivity index (χ0v) is 34.4. The molecule has 0 amide bonds. The zero-order chi connectivity index (χ0) is 41.7. The van der Waals surface area contributed by atoms with Gasteiger partial charge in [-0.3, -0.25) is 0 Å². The molecule has 0 N–H and O–H groups in total. The van der Waals surface area contributed by atoms with Gasteiger partial charge in [0, 0.05) is 32.8 Å². The van der Waals surface area contributed by atoms with Gasteiger partial charge < -0.3 is 13.9 Å². The molecule has 296 valence electrons. The van der Waals surface area contributed by atoms with E-state index >= 15 is 0 Å². The third-order valence-corrected chi connectivity index (χ3v) is 12.4. The molecular formula is C60H40N2O. The van der Waals surface area contributed by atoms with Crippen molar-refractivity contribution >= 4 is 60.8 Å². The van der Waals surface area contributed by atoms with E-state index < -0.39 is 0 Å². The summed E-state index contributed by atoms with van der Waals surface area (Å²) in [6, 6.07) is 87.2. The second kappa shape index (κ2) is 15.3. The highest BCUT2D eigenvalue weighted by atomic mass is 16.3. The van der Waals surface area contributed by atoms with Crippen LogP contribution in [0.5, 0.6) is 0 Å². The number of hydrogen-bond donors (Lipinski definition) is 0. The Bertz CT molecular complexity index is 3580. The van der Waals surface area contributed by atoms with Crippen LogP contribution in [0.25, 0.3) is 93.9 Å². The minimum atomic E-state index is 0.890. The van der Waals surface area contributed by atoms with Gasteiger partial charge in [-0.15, -0.1) is 0 Å². The highest BCUT2D eigenvalue weighted by molar-refractivity contribution is 6.10. The first-order valence-electron chi connectivity index (χ1n) is 21.5. The summed E-state index contributed by atoms with van der Waals surface area (Å²) in [6.45, 7) is 0. The molecule has 0 saturated carbocycles. The molecule has 2 heterocycles. The van der Waals surface area contributed by atoms with Crippen molar-refractivity contribution in [2.75, 3.05) is 4.90 Å². The van der Waals surface area contributed by atoms with Crippen molar-refractivity contribution in [2.45, 2.75) is 0 Å². The van der Waals surface area contributed by atoms with Crippen molar-refractivity contribution < 1.29 is 4.42 Å². The fourth-order valence-electron chi connectivity index (χ4n) is 9.58. The van der Waals surface area contributed by atoms with E-state index in [2.05, 4.69) is 240 Å².